The second-order valence-electron chi connectivity index (χ2n) is 5.32. The number of Topliss-reactive ketones (excluding diaryl/α,β-unsaturated/α-hetero) is 1. The predicted octanol–water partition coefficient (Wildman–Crippen LogP) is 1.22. The molecule has 0 bridgehead atoms. The molecule has 0 radical (unpaired) electrons. The molecule has 0 aliphatic carbocycles. The van der Waals surface area contributed by atoms with Crippen molar-refractivity contribution in [2.24, 2.45) is 18.2 Å². The van der Waals surface area contributed by atoms with Crippen molar-refractivity contribution < 1.29 is 9.53 Å². The first kappa shape index (κ1) is 14.7. The molecule has 2 atom stereocenters. The molecule has 0 saturated carbocycles. The zero-order chi connectivity index (χ0) is 14.2. The topological polar surface area (TPSA) is 70.1 Å². The predicted molar refractivity (Wildman–Crippen MR) is 75.9 cm³/mol. The Kier molecular flexibility index (Phi) is 4.13. The third-order valence-corrected chi connectivity index (χ3v) is 4.90. The molecular weight excluding hydrogens is 310 g/mol. The minimum absolute atomic E-state index is 0.115. The summed E-state index contributed by atoms with van der Waals surface area (Å²) < 4.78 is 8.04. The molecule has 2 rings (SSSR count). The maximum Gasteiger partial charge on any atom is 0.148 e. The van der Waals surface area contributed by atoms with Crippen LogP contribution in [0.1, 0.15) is 25.2 Å². The van der Waals surface area contributed by atoms with Crippen LogP contribution in [0.3, 0.4) is 0 Å². The van der Waals surface area contributed by atoms with E-state index in [1.165, 1.54) is 0 Å². The van der Waals surface area contributed by atoms with Crippen LogP contribution in [0, 0.1) is 5.41 Å². The molecule has 6 heteroatoms. The smallest absolute Gasteiger partial charge is 0.148 e. The summed E-state index contributed by atoms with van der Waals surface area (Å²) >= 11 is 3.53. The number of rotatable bonds is 4. The van der Waals surface area contributed by atoms with E-state index in [-0.39, 0.29) is 11.8 Å². The van der Waals surface area contributed by atoms with Gasteiger partial charge in [-0.05, 0) is 29.3 Å². The van der Waals surface area contributed by atoms with E-state index in [0.29, 0.717) is 19.6 Å². The van der Waals surface area contributed by atoms with E-state index in [2.05, 4.69) is 21.0 Å². The van der Waals surface area contributed by atoms with Crippen LogP contribution in [-0.2, 0) is 29.4 Å². The average Bonchev–Trinajstić information content (AvgIpc) is 2.85. The Morgan fingerprint density at radius 2 is 2.37 bits per heavy atom. The lowest BCUT2D eigenvalue weighted by atomic mass is 9.79. The minimum Gasteiger partial charge on any atom is -0.379 e. The third-order valence-electron chi connectivity index (χ3n) is 3.99. The summed E-state index contributed by atoms with van der Waals surface area (Å²) in [7, 11) is 1.86. The second-order valence-corrected chi connectivity index (χ2v) is 6.12. The molecule has 19 heavy (non-hydrogen) atoms. The molecule has 1 fully saturated rings. The fourth-order valence-corrected chi connectivity index (χ4v) is 3.10. The van der Waals surface area contributed by atoms with Gasteiger partial charge in [-0.15, -0.1) is 0 Å². The Morgan fingerprint density at radius 3 is 2.84 bits per heavy atom. The van der Waals surface area contributed by atoms with Crippen molar-refractivity contribution >= 4 is 21.7 Å². The van der Waals surface area contributed by atoms with Gasteiger partial charge in [0.05, 0.1) is 40.9 Å². The molecule has 2 unspecified atom stereocenters. The summed E-state index contributed by atoms with van der Waals surface area (Å²) in [6, 6.07) is -0.224. The van der Waals surface area contributed by atoms with Gasteiger partial charge in [0, 0.05) is 13.1 Å². The van der Waals surface area contributed by atoms with Gasteiger partial charge in [0.2, 0.25) is 0 Å². The molecule has 1 aliphatic rings. The molecule has 106 valence electrons. The molecule has 1 aromatic heterocycles. The summed E-state index contributed by atoms with van der Waals surface area (Å²) in [5.41, 5.74) is 7.29. The van der Waals surface area contributed by atoms with Gasteiger partial charge < -0.3 is 10.5 Å². The average molecular weight is 330 g/mol. The van der Waals surface area contributed by atoms with E-state index in [1.807, 2.05) is 20.9 Å². The number of hydrogen-bond acceptors (Lipinski definition) is 4. The lowest BCUT2D eigenvalue weighted by molar-refractivity contribution is -0.127. The van der Waals surface area contributed by atoms with Crippen molar-refractivity contribution in [3.05, 3.63) is 15.9 Å². The minimum atomic E-state index is -0.587. The van der Waals surface area contributed by atoms with Gasteiger partial charge in [-0.25, -0.2) is 0 Å². The monoisotopic (exact) mass is 329 g/mol. The summed E-state index contributed by atoms with van der Waals surface area (Å²) in [5.74, 6) is 0.115. The van der Waals surface area contributed by atoms with Crippen molar-refractivity contribution in [1.82, 2.24) is 9.78 Å². The zero-order valence-corrected chi connectivity index (χ0v) is 13.2. The molecule has 0 amide bonds. The molecule has 1 aliphatic heterocycles. The summed E-state index contributed by atoms with van der Waals surface area (Å²) in [6.45, 7) is 4.79. The molecule has 0 aromatic carbocycles. The van der Waals surface area contributed by atoms with Crippen LogP contribution in [0.4, 0.5) is 0 Å². The first-order valence-corrected chi connectivity index (χ1v) is 7.26. The Morgan fingerprint density at radius 1 is 1.68 bits per heavy atom. The number of halogens is 1. The highest BCUT2D eigenvalue weighted by molar-refractivity contribution is 9.10. The first-order valence-electron chi connectivity index (χ1n) is 6.47. The van der Waals surface area contributed by atoms with E-state index in [1.54, 1.807) is 4.68 Å². The van der Waals surface area contributed by atoms with Gasteiger partial charge >= 0.3 is 0 Å². The number of hydrogen-bond donors (Lipinski definition) is 1. The Labute approximate surface area is 121 Å². The van der Waals surface area contributed by atoms with Crippen LogP contribution in [-0.4, -0.2) is 34.8 Å². The Bertz CT molecular complexity index is 500. The quantitative estimate of drug-likeness (QED) is 0.901. The van der Waals surface area contributed by atoms with E-state index in [4.69, 9.17) is 10.5 Å². The van der Waals surface area contributed by atoms with E-state index < -0.39 is 5.41 Å². The third kappa shape index (κ3) is 2.49. The van der Waals surface area contributed by atoms with Gasteiger partial charge in [0.15, 0.2) is 0 Å². The Hall–Kier alpha value is -0.720. The lowest BCUT2D eigenvalue weighted by Crippen LogP contribution is -2.45. The van der Waals surface area contributed by atoms with E-state index in [9.17, 15) is 4.79 Å². The van der Waals surface area contributed by atoms with Crippen molar-refractivity contribution in [3.8, 4) is 0 Å². The number of aryl methyl sites for hydroxylation is 2. The normalized spacial score (nSPS) is 26.9. The summed E-state index contributed by atoms with van der Waals surface area (Å²) in [4.78, 5) is 12.5. The van der Waals surface area contributed by atoms with Crippen molar-refractivity contribution in [2.45, 2.75) is 32.7 Å². The molecule has 1 saturated heterocycles. The molecule has 2 N–H and O–H groups in total. The summed E-state index contributed by atoms with van der Waals surface area (Å²) in [6.07, 6.45) is 1.17. The van der Waals surface area contributed by atoms with Gasteiger partial charge in [0.25, 0.3) is 0 Å². The number of nitrogens with two attached hydrogens (primary N) is 1. The Balaban J connectivity index is 2.22. The number of aromatic nitrogens is 2. The number of carbonyl (C=O) groups is 1. The second kappa shape index (κ2) is 5.34. The molecule has 5 nitrogen and oxygen atoms in total. The molecule has 2 heterocycles. The fraction of sp³-hybridized carbons (Fsp3) is 0.692. The van der Waals surface area contributed by atoms with Gasteiger partial charge in [-0.2, -0.15) is 5.10 Å². The number of nitrogens with zero attached hydrogens (tertiary/aromatic N) is 2. The van der Waals surface area contributed by atoms with Gasteiger partial charge in [-0.1, -0.05) is 6.92 Å². The zero-order valence-electron chi connectivity index (χ0n) is 11.6. The van der Waals surface area contributed by atoms with Crippen molar-refractivity contribution in [2.75, 3.05) is 13.2 Å². The number of ketones is 1. The van der Waals surface area contributed by atoms with Crippen LogP contribution in [0.2, 0.25) is 0 Å². The maximum atomic E-state index is 12.5. The highest BCUT2D eigenvalue weighted by Gasteiger charge is 2.44. The molecule has 0 spiro atoms. The van der Waals surface area contributed by atoms with Gasteiger partial charge in [-0.3, -0.25) is 9.48 Å². The highest BCUT2D eigenvalue weighted by Crippen LogP contribution is 2.31. The van der Waals surface area contributed by atoms with Crippen LogP contribution >= 0.6 is 15.9 Å². The summed E-state index contributed by atoms with van der Waals surface area (Å²) in [5, 5.41) is 4.41. The maximum absolute atomic E-state index is 12.5. The largest absolute Gasteiger partial charge is 0.379 e. The van der Waals surface area contributed by atoms with Crippen LogP contribution in [0.25, 0.3) is 0 Å². The number of ether oxygens (including phenoxy) is 1. The van der Waals surface area contributed by atoms with Crippen LogP contribution in [0.15, 0.2) is 4.47 Å². The van der Waals surface area contributed by atoms with Gasteiger partial charge in [0.1, 0.15) is 5.78 Å². The standard InChI is InChI=1S/C13H20BrN3O2/c1-4-8-12(14)9(17(3)16-8)5-11(18)13(2)7-19-6-10(13)15/h10H,4-7,15H2,1-3H3. The van der Waals surface area contributed by atoms with E-state index >= 15 is 0 Å². The lowest BCUT2D eigenvalue weighted by Gasteiger charge is -2.25. The van der Waals surface area contributed by atoms with Crippen LogP contribution in [0.5, 0.6) is 0 Å². The van der Waals surface area contributed by atoms with Crippen LogP contribution < -0.4 is 5.73 Å². The highest BCUT2D eigenvalue weighted by atomic mass is 79.9. The molecular formula is C13H20BrN3O2. The first-order chi connectivity index (χ1) is 8.90. The number of carbonyl (C=O) groups excluding carboxylic acids is 1. The van der Waals surface area contributed by atoms with Crippen molar-refractivity contribution in [1.29, 1.82) is 0 Å². The van der Waals surface area contributed by atoms with E-state index in [0.717, 1.165) is 22.3 Å². The SMILES string of the molecule is CCc1nn(C)c(CC(=O)C2(C)COCC2N)c1Br. The van der Waals surface area contributed by atoms with Crippen molar-refractivity contribution in [3.63, 3.8) is 0 Å². The molecule has 1 aromatic rings. The fourth-order valence-electron chi connectivity index (χ4n) is 2.34.